The smallest absolute Gasteiger partial charge is 0.222 e. The second kappa shape index (κ2) is 6.02. The van der Waals surface area contributed by atoms with Gasteiger partial charge in [0.25, 0.3) is 0 Å². The Bertz CT molecular complexity index is 277. The number of piperazine rings is 1. The largest absolute Gasteiger partial charge is 0.340 e. The molecule has 4 heteroatoms. The van der Waals surface area contributed by atoms with E-state index in [9.17, 15) is 4.79 Å². The highest BCUT2D eigenvalue weighted by Gasteiger charge is 2.30. The van der Waals surface area contributed by atoms with Crippen LogP contribution in [0, 0.1) is 5.92 Å². The predicted molar refractivity (Wildman–Crippen MR) is 73.5 cm³/mol. The van der Waals surface area contributed by atoms with Crippen LogP contribution in [0.2, 0.25) is 0 Å². The fraction of sp³-hybridized carbons (Fsp3) is 0.929. The van der Waals surface area contributed by atoms with Crippen molar-refractivity contribution < 1.29 is 4.79 Å². The lowest BCUT2D eigenvalue weighted by Crippen LogP contribution is -2.56. The van der Waals surface area contributed by atoms with Gasteiger partial charge in [0.15, 0.2) is 0 Å². The quantitative estimate of drug-likeness (QED) is 0.795. The number of nitrogens with one attached hydrogen (secondary N) is 1. The van der Waals surface area contributed by atoms with E-state index in [1.165, 1.54) is 0 Å². The zero-order chi connectivity index (χ0) is 13.1. The Morgan fingerprint density at radius 2 is 1.72 bits per heavy atom. The standard InChI is InChI=1S/C14H27N3O/c1-11-9-17(10-12(2)16(11)3)14(18)8-13-4-6-15-7-5-13/h11-13,15H,4-10H2,1-3H3. The van der Waals surface area contributed by atoms with Crippen molar-refractivity contribution in [2.24, 2.45) is 5.92 Å². The van der Waals surface area contributed by atoms with Crippen molar-refractivity contribution in [2.75, 3.05) is 33.2 Å². The minimum absolute atomic E-state index is 0.369. The van der Waals surface area contributed by atoms with Crippen LogP contribution in [0.3, 0.4) is 0 Å². The number of hydrogen-bond acceptors (Lipinski definition) is 3. The molecule has 2 rings (SSSR count). The third-order valence-electron chi connectivity index (χ3n) is 4.63. The van der Waals surface area contributed by atoms with Crippen molar-refractivity contribution in [3.63, 3.8) is 0 Å². The third-order valence-corrected chi connectivity index (χ3v) is 4.63. The van der Waals surface area contributed by atoms with Crippen LogP contribution in [0.4, 0.5) is 0 Å². The number of carbonyl (C=O) groups is 1. The van der Waals surface area contributed by atoms with Crippen LogP contribution in [-0.4, -0.2) is 61.0 Å². The average Bonchev–Trinajstić information content (AvgIpc) is 2.36. The van der Waals surface area contributed by atoms with Gasteiger partial charge < -0.3 is 10.2 Å². The second-order valence-corrected chi connectivity index (χ2v) is 6.06. The molecule has 0 aromatic carbocycles. The molecule has 2 aliphatic heterocycles. The zero-order valence-electron chi connectivity index (χ0n) is 12.0. The van der Waals surface area contributed by atoms with E-state index < -0.39 is 0 Å². The highest BCUT2D eigenvalue weighted by Crippen LogP contribution is 2.20. The van der Waals surface area contributed by atoms with E-state index in [4.69, 9.17) is 0 Å². The summed E-state index contributed by atoms with van der Waals surface area (Å²) in [5.74, 6) is 0.970. The molecule has 104 valence electrons. The summed E-state index contributed by atoms with van der Waals surface area (Å²) in [5.41, 5.74) is 0. The van der Waals surface area contributed by atoms with E-state index in [1.807, 2.05) is 0 Å². The molecule has 2 aliphatic rings. The van der Waals surface area contributed by atoms with Gasteiger partial charge in [-0.2, -0.15) is 0 Å². The first-order valence-electron chi connectivity index (χ1n) is 7.28. The number of nitrogens with zero attached hydrogens (tertiary/aromatic N) is 2. The Hall–Kier alpha value is -0.610. The van der Waals surface area contributed by atoms with Crippen molar-refractivity contribution in [3.05, 3.63) is 0 Å². The Labute approximate surface area is 111 Å². The molecule has 0 bridgehead atoms. The molecule has 1 N–H and O–H groups in total. The highest BCUT2D eigenvalue weighted by molar-refractivity contribution is 5.76. The topological polar surface area (TPSA) is 35.6 Å². The van der Waals surface area contributed by atoms with Crippen LogP contribution < -0.4 is 5.32 Å². The number of amides is 1. The average molecular weight is 253 g/mol. The molecule has 0 aromatic rings. The summed E-state index contributed by atoms with van der Waals surface area (Å²) in [6.45, 7) is 8.36. The van der Waals surface area contributed by atoms with Crippen LogP contribution in [0.1, 0.15) is 33.1 Å². The Balaban J connectivity index is 1.85. The number of piperidine rings is 1. The van der Waals surface area contributed by atoms with Gasteiger partial charge in [-0.25, -0.2) is 0 Å². The molecule has 0 saturated carbocycles. The molecule has 2 unspecified atom stereocenters. The van der Waals surface area contributed by atoms with E-state index in [2.05, 4.69) is 36.0 Å². The van der Waals surface area contributed by atoms with Gasteiger partial charge in [0, 0.05) is 31.6 Å². The fourth-order valence-corrected chi connectivity index (χ4v) is 3.07. The molecular weight excluding hydrogens is 226 g/mol. The molecule has 0 radical (unpaired) electrons. The van der Waals surface area contributed by atoms with Crippen molar-refractivity contribution in [1.29, 1.82) is 0 Å². The van der Waals surface area contributed by atoms with Gasteiger partial charge in [0.1, 0.15) is 0 Å². The summed E-state index contributed by atoms with van der Waals surface area (Å²) in [6, 6.07) is 0.955. The predicted octanol–water partition coefficient (Wildman–Crippen LogP) is 0.927. The first-order chi connectivity index (χ1) is 8.58. The van der Waals surface area contributed by atoms with Crippen molar-refractivity contribution in [3.8, 4) is 0 Å². The maximum atomic E-state index is 12.4. The second-order valence-electron chi connectivity index (χ2n) is 6.06. The number of likely N-dealkylation sites (N-methyl/N-ethyl adjacent to an activating group) is 1. The first-order valence-corrected chi connectivity index (χ1v) is 7.28. The summed E-state index contributed by atoms with van der Waals surface area (Å²) in [4.78, 5) is 16.8. The molecular formula is C14H27N3O. The molecule has 4 nitrogen and oxygen atoms in total. The highest BCUT2D eigenvalue weighted by atomic mass is 16.2. The fourth-order valence-electron chi connectivity index (χ4n) is 3.07. The van der Waals surface area contributed by atoms with E-state index in [0.29, 0.717) is 23.9 Å². The summed E-state index contributed by atoms with van der Waals surface area (Å²) in [5, 5.41) is 3.36. The SMILES string of the molecule is CC1CN(C(=O)CC2CCNCC2)CC(C)N1C. The maximum absolute atomic E-state index is 12.4. The zero-order valence-corrected chi connectivity index (χ0v) is 12.0. The number of rotatable bonds is 2. The third kappa shape index (κ3) is 3.23. The molecule has 2 fully saturated rings. The van der Waals surface area contributed by atoms with Gasteiger partial charge in [0.2, 0.25) is 5.91 Å². The molecule has 2 saturated heterocycles. The summed E-state index contributed by atoms with van der Waals surface area (Å²) < 4.78 is 0. The molecule has 2 atom stereocenters. The minimum Gasteiger partial charge on any atom is -0.340 e. The molecule has 0 aromatic heterocycles. The Morgan fingerprint density at radius 1 is 1.17 bits per heavy atom. The molecule has 2 heterocycles. The summed E-state index contributed by atoms with van der Waals surface area (Å²) >= 11 is 0. The molecule has 0 spiro atoms. The maximum Gasteiger partial charge on any atom is 0.222 e. The van der Waals surface area contributed by atoms with Gasteiger partial charge in [-0.15, -0.1) is 0 Å². The van der Waals surface area contributed by atoms with Crippen LogP contribution in [0.25, 0.3) is 0 Å². The van der Waals surface area contributed by atoms with Gasteiger partial charge in [-0.3, -0.25) is 9.69 Å². The lowest BCUT2D eigenvalue weighted by Gasteiger charge is -2.42. The molecule has 0 aliphatic carbocycles. The van der Waals surface area contributed by atoms with Crippen LogP contribution in [-0.2, 0) is 4.79 Å². The van der Waals surface area contributed by atoms with E-state index in [1.54, 1.807) is 0 Å². The van der Waals surface area contributed by atoms with Crippen molar-refractivity contribution in [2.45, 2.75) is 45.2 Å². The number of carbonyl (C=O) groups excluding carboxylic acids is 1. The van der Waals surface area contributed by atoms with Crippen LogP contribution in [0.5, 0.6) is 0 Å². The van der Waals surface area contributed by atoms with E-state index in [0.717, 1.165) is 45.4 Å². The lowest BCUT2D eigenvalue weighted by atomic mass is 9.93. The number of hydrogen-bond donors (Lipinski definition) is 1. The Kier molecular flexibility index (Phi) is 4.62. The van der Waals surface area contributed by atoms with Gasteiger partial charge in [-0.1, -0.05) is 0 Å². The minimum atomic E-state index is 0.369. The summed E-state index contributed by atoms with van der Waals surface area (Å²) in [7, 11) is 2.16. The van der Waals surface area contributed by atoms with Gasteiger partial charge in [-0.05, 0) is 52.7 Å². The molecule has 18 heavy (non-hydrogen) atoms. The molecule has 1 amide bonds. The van der Waals surface area contributed by atoms with E-state index >= 15 is 0 Å². The first kappa shape index (κ1) is 13.8. The van der Waals surface area contributed by atoms with Crippen molar-refractivity contribution >= 4 is 5.91 Å². The van der Waals surface area contributed by atoms with Gasteiger partial charge >= 0.3 is 0 Å². The van der Waals surface area contributed by atoms with Crippen LogP contribution in [0.15, 0.2) is 0 Å². The van der Waals surface area contributed by atoms with Crippen molar-refractivity contribution in [1.82, 2.24) is 15.1 Å². The van der Waals surface area contributed by atoms with Gasteiger partial charge in [0.05, 0.1) is 0 Å². The summed E-state index contributed by atoms with van der Waals surface area (Å²) in [6.07, 6.45) is 3.07. The monoisotopic (exact) mass is 253 g/mol. The Morgan fingerprint density at radius 3 is 2.28 bits per heavy atom. The van der Waals surface area contributed by atoms with E-state index in [-0.39, 0.29) is 0 Å². The van der Waals surface area contributed by atoms with Crippen LogP contribution >= 0.6 is 0 Å². The normalized spacial score (nSPS) is 31.6. The lowest BCUT2D eigenvalue weighted by molar-refractivity contribution is -0.136.